The molecule has 0 saturated carbocycles. The van der Waals surface area contributed by atoms with Crippen LogP contribution in [-0.4, -0.2) is 44.9 Å². The Labute approximate surface area is 244 Å². The number of anilines is 2. The third kappa shape index (κ3) is 6.91. The third-order valence-corrected chi connectivity index (χ3v) is 8.95. The average molecular weight is 677 g/mol. The third-order valence-electron chi connectivity index (χ3n) is 6.61. The van der Waals surface area contributed by atoms with Gasteiger partial charge in [-0.15, -0.1) is 0 Å². The molecule has 0 saturated heterocycles. The summed E-state index contributed by atoms with van der Waals surface area (Å²) in [5.41, 5.74) is 9.60. The first-order valence-corrected chi connectivity index (χ1v) is 16.5. The van der Waals surface area contributed by atoms with Crippen molar-refractivity contribution in [3.63, 3.8) is 0 Å². The Bertz CT molecular complexity index is 1580. The number of benzene rings is 3. The summed E-state index contributed by atoms with van der Waals surface area (Å²) < 4.78 is 30.4. The maximum Gasteiger partial charge on any atom is 0.411 e. The van der Waals surface area contributed by atoms with Crippen molar-refractivity contribution in [3.05, 3.63) is 88.5 Å². The van der Waals surface area contributed by atoms with E-state index in [-0.39, 0.29) is 24.0 Å². The largest absolute Gasteiger partial charge is 0.449 e. The molecule has 3 amide bonds. The Morgan fingerprint density at radius 2 is 1.90 bits per heavy atom. The number of amides is 3. The Morgan fingerprint density at radius 1 is 1.12 bits per heavy atom. The van der Waals surface area contributed by atoms with E-state index in [2.05, 4.69) is 10.6 Å². The molecule has 4 N–H and O–H groups in total. The van der Waals surface area contributed by atoms with Crippen LogP contribution in [0.2, 0.25) is 0 Å². The number of hydrogen-bond acceptors (Lipinski definition) is 7. The smallest absolute Gasteiger partial charge is 0.411 e. The van der Waals surface area contributed by atoms with Gasteiger partial charge in [-0.25, -0.2) is 13.2 Å². The lowest BCUT2D eigenvalue weighted by Crippen LogP contribution is -2.35. The number of nitrogens with one attached hydrogen (secondary N) is 2. The minimum Gasteiger partial charge on any atom is -0.449 e. The van der Waals surface area contributed by atoms with E-state index in [1.54, 1.807) is 31.3 Å². The number of carbonyl (C=O) groups excluding carboxylic acids is 3. The molecule has 4 bridgehead atoms. The van der Waals surface area contributed by atoms with Gasteiger partial charge in [-0.1, -0.05) is 31.2 Å². The van der Waals surface area contributed by atoms with Crippen LogP contribution >= 0.6 is 21.2 Å². The van der Waals surface area contributed by atoms with Gasteiger partial charge in [0.1, 0.15) is 6.04 Å². The monoisotopic (exact) mass is 676 g/mol. The van der Waals surface area contributed by atoms with Crippen LogP contribution in [0.3, 0.4) is 0 Å². The lowest BCUT2D eigenvalue weighted by atomic mass is 9.95. The number of nitrogens with two attached hydrogens (primary N) is 1. The van der Waals surface area contributed by atoms with E-state index in [9.17, 15) is 22.8 Å². The first-order valence-electron chi connectivity index (χ1n) is 12.5. The molecule has 10 nitrogen and oxygen atoms in total. The average Bonchev–Trinajstić information content (AvgIpc) is 2.90. The van der Waals surface area contributed by atoms with Crippen LogP contribution in [0.15, 0.2) is 65.6 Å². The van der Waals surface area contributed by atoms with Crippen molar-refractivity contribution in [1.82, 2.24) is 4.90 Å². The van der Waals surface area contributed by atoms with Crippen LogP contribution < -0.4 is 16.4 Å². The van der Waals surface area contributed by atoms with E-state index in [1.807, 2.05) is 25.1 Å². The Balaban J connectivity index is 1.81. The Hall–Kier alpha value is -3.65. The number of likely N-dealkylation sites (N-methyl/N-ethyl adjacent to an activating group) is 1. The van der Waals surface area contributed by atoms with E-state index in [0.29, 0.717) is 40.9 Å². The lowest BCUT2D eigenvalue weighted by molar-refractivity contribution is -0.131. The zero-order valence-electron chi connectivity index (χ0n) is 21.9. The van der Waals surface area contributed by atoms with Crippen molar-refractivity contribution in [1.29, 1.82) is 0 Å². The fourth-order valence-electron chi connectivity index (χ4n) is 4.60. The zero-order valence-corrected chi connectivity index (χ0v) is 24.9. The van der Waals surface area contributed by atoms with Gasteiger partial charge in [0.25, 0.3) is 0 Å². The highest BCUT2D eigenvalue weighted by molar-refractivity contribution is 14.2. The summed E-state index contributed by atoms with van der Waals surface area (Å²) in [6.07, 6.45) is 0.496. The molecule has 2 heterocycles. The van der Waals surface area contributed by atoms with Gasteiger partial charge in [0.15, 0.2) is 0 Å². The van der Waals surface area contributed by atoms with Crippen molar-refractivity contribution >= 4 is 57.5 Å². The minimum absolute atomic E-state index is 0.0316. The topological polar surface area (TPSA) is 148 Å². The maximum atomic E-state index is 14.0. The van der Waals surface area contributed by atoms with Crippen LogP contribution in [0.5, 0.6) is 0 Å². The molecule has 2 aliphatic rings. The maximum absolute atomic E-state index is 14.0. The fourth-order valence-corrected chi connectivity index (χ4v) is 6.55. The van der Waals surface area contributed by atoms with Gasteiger partial charge >= 0.3 is 6.09 Å². The van der Waals surface area contributed by atoms with Gasteiger partial charge in [0.05, 0.1) is 32.7 Å². The number of carbonyl (C=O) groups is 3. The molecule has 210 valence electrons. The summed E-state index contributed by atoms with van der Waals surface area (Å²) in [7, 11) is -2.09. The van der Waals surface area contributed by atoms with Crippen LogP contribution in [0, 0.1) is 0 Å². The van der Waals surface area contributed by atoms with Gasteiger partial charge in [0, 0.05) is 37.0 Å². The van der Waals surface area contributed by atoms with E-state index in [0.717, 1.165) is 11.1 Å². The van der Waals surface area contributed by atoms with Crippen LogP contribution in [0.4, 0.5) is 16.2 Å². The summed E-state index contributed by atoms with van der Waals surface area (Å²) in [5.74, 6) is -0.926. The summed E-state index contributed by atoms with van der Waals surface area (Å²) in [6.45, 7) is 2.08. The van der Waals surface area contributed by atoms with Gasteiger partial charge in [-0.05, 0) is 65.1 Å². The second-order valence-electron chi connectivity index (χ2n) is 9.37. The second kappa shape index (κ2) is 12.3. The number of aryl methyl sites for hydroxylation is 1. The van der Waals surface area contributed by atoms with Gasteiger partial charge in [-0.3, -0.25) is 14.9 Å². The molecule has 0 aromatic heterocycles. The number of fused-ring (bicyclic) bond motifs is 9. The highest BCUT2D eigenvalue weighted by Gasteiger charge is 2.27. The molecule has 3 aromatic rings. The molecule has 0 aliphatic carbocycles. The Kier molecular flexibility index (Phi) is 8.98. The van der Waals surface area contributed by atoms with E-state index in [1.165, 1.54) is 44.3 Å². The number of hydrogen-bond donors (Lipinski definition) is 3. The van der Waals surface area contributed by atoms with Gasteiger partial charge < -0.3 is 20.7 Å². The van der Waals surface area contributed by atoms with Crippen molar-refractivity contribution in [3.8, 4) is 0 Å². The summed E-state index contributed by atoms with van der Waals surface area (Å²) in [5, 5.41) is 5.88. The summed E-state index contributed by atoms with van der Waals surface area (Å²) >= 11 is 1.35. The molecule has 12 heteroatoms. The highest BCUT2D eigenvalue weighted by Crippen LogP contribution is 2.29. The molecule has 1 atom stereocenters. The predicted octanol–water partition coefficient (Wildman–Crippen LogP) is 4.39. The molecule has 0 unspecified atom stereocenters. The summed E-state index contributed by atoms with van der Waals surface area (Å²) in [4.78, 5) is 39.6. The molecule has 0 radical (unpaired) electrons. The van der Waals surface area contributed by atoms with Crippen molar-refractivity contribution in [2.75, 3.05) is 24.3 Å². The number of primary amides is 1. The molecule has 3 aromatic carbocycles. The summed E-state index contributed by atoms with van der Waals surface area (Å²) in [6, 6.07) is 15.8. The normalized spacial score (nSPS) is 16.3. The standard InChI is InChI=1S/C28H29IN4O6S/c1-3-17-13-19-8-7-18(17)11-12-39-28(36)32-23-9-10-24(40(29,37)38)21(15-23)16-33(2)27(35)25(19)31-22-6-4-5-20(14-22)26(30)34/h4-10,13-15,25,31H,3,11-12,16H2,1-2H3,(H2,30,34)(H,32,36)/t25-/m1/s1. The predicted molar refractivity (Wildman–Crippen MR) is 160 cm³/mol. The van der Waals surface area contributed by atoms with Crippen LogP contribution in [0.1, 0.15) is 45.6 Å². The molecule has 40 heavy (non-hydrogen) atoms. The molecule has 0 spiro atoms. The SMILES string of the molecule is CCc1cc2ccc1CCOC(=O)Nc1ccc(S(=O)(=O)I)c(c1)CN(C)C(=O)[C@@H]2Nc1cccc(C(N)=O)c1. The molecular weight excluding hydrogens is 647 g/mol. The molecule has 0 fully saturated rings. The van der Waals surface area contributed by atoms with E-state index in [4.69, 9.17) is 10.5 Å². The van der Waals surface area contributed by atoms with Crippen molar-refractivity contribution in [2.24, 2.45) is 5.73 Å². The zero-order chi connectivity index (χ0) is 29.0. The molecule has 2 aliphatic heterocycles. The number of ether oxygens (including phenoxy) is 1. The number of halogens is 1. The minimum atomic E-state index is -3.67. The first kappa shape index (κ1) is 29.3. The highest BCUT2D eigenvalue weighted by atomic mass is 127. The molecular formula is C28H29IN4O6S. The van der Waals surface area contributed by atoms with Crippen LogP contribution in [-0.2, 0) is 35.9 Å². The van der Waals surface area contributed by atoms with E-state index < -0.39 is 25.1 Å². The lowest BCUT2D eigenvalue weighted by Gasteiger charge is -2.27. The van der Waals surface area contributed by atoms with Crippen molar-refractivity contribution in [2.45, 2.75) is 37.2 Å². The number of rotatable bonds is 5. The molecule has 5 rings (SSSR count). The first-order chi connectivity index (χ1) is 19.0. The fraction of sp³-hybridized carbons (Fsp3) is 0.250. The van der Waals surface area contributed by atoms with Crippen molar-refractivity contribution < 1.29 is 27.5 Å². The van der Waals surface area contributed by atoms with Gasteiger partial charge in [-0.2, -0.15) is 0 Å². The van der Waals surface area contributed by atoms with Gasteiger partial charge in [0.2, 0.25) is 18.8 Å². The second-order valence-corrected chi connectivity index (χ2v) is 14.2. The number of nitrogens with zero attached hydrogens (tertiary/aromatic N) is 1. The Morgan fingerprint density at radius 3 is 2.60 bits per heavy atom. The van der Waals surface area contributed by atoms with E-state index >= 15 is 0 Å². The van der Waals surface area contributed by atoms with Crippen LogP contribution in [0.25, 0.3) is 0 Å². The quantitative estimate of drug-likeness (QED) is 0.268.